The molecule has 0 aliphatic rings. The summed E-state index contributed by atoms with van der Waals surface area (Å²) in [5.41, 5.74) is 6.60. The van der Waals surface area contributed by atoms with Gasteiger partial charge in [-0.05, 0) is 18.2 Å². The summed E-state index contributed by atoms with van der Waals surface area (Å²) in [6.07, 6.45) is 3.13. The first-order valence-corrected chi connectivity index (χ1v) is 6.31. The second-order valence-electron chi connectivity index (χ2n) is 2.98. The van der Waals surface area contributed by atoms with Crippen LogP contribution in [0.2, 0.25) is 5.02 Å². The van der Waals surface area contributed by atoms with Crippen molar-refractivity contribution in [1.29, 1.82) is 0 Å². The van der Waals surface area contributed by atoms with Crippen LogP contribution in [-0.2, 0) is 9.73 Å². The number of benzene rings is 1. The largest absolute Gasteiger partial charge is 0.397 e. The van der Waals surface area contributed by atoms with Gasteiger partial charge < -0.3 is 5.73 Å². The molecule has 5 heteroatoms. The van der Waals surface area contributed by atoms with Crippen LogP contribution in [0, 0.1) is 0 Å². The van der Waals surface area contributed by atoms with E-state index >= 15 is 0 Å². The summed E-state index contributed by atoms with van der Waals surface area (Å²) in [7, 11) is -2.13. The van der Waals surface area contributed by atoms with E-state index in [1.54, 1.807) is 30.7 Å². The Bertz CT molecular complexity index is 428. The maximum Gasteiger partial charge on any atom is 0.0751 e. The van der Waals surface area contributed by atoms with Crippen LogP contribution in [0.3, 0.4) is 0 Å². The molecule has 3 nitrogen and oxygen atoms in total. The quantitative estimate of drug-likeness (QED) is 0.736. The zero-order chi connectivity index (χ0) is 10.1. The smallest absolute Gasteiger partial charge is 0.0751 e. The molecule has 2 N–H and O–H groups in total. The molecule has 1 rings (SSSR count). The maximum absolute atomic E-state index is 11.3. The number of nitrogens with two attached hydrogens (primary N) is 1. The Morgan fingerprint density at radius 3 is 2.54 bits per heavy atom. The Hall–Kier alpha value is -0.740. The molecule has 13 heavy (non-hydrogen) atoms. The number of hydrogen-bond donors (Lipinski definition) is 1. The Balaban J connectivity index is 3.21. The minimum absolute atomic E-state index is 0.451. The molecule has 0 saturated carbocycles. The molecule has 0 spiro atoms. The third-order valence-corrected chi connectivity index (χ3v) is 2.30. The van der Waals surface area contributed by atoms with Crippen LogP contribution in [-0.4, -0.2) is 16.7 Å². The Morgan fingerprint density at radius 1 is 1.46 bits per heavy atom. The normalized spacial score (nSPS) is 11.3. The number of hydrogen-bond acceptors (Lipinski definition) is 3. The molecule has 0 aliphatic heterocycles. The second-order valence-corrected chi connectivity index (χ2v) is 5.93. The van der Waals surface area contributed by atoms with Crippen molar-refractivity contribution in [2.45, 2.75) is 0 Å². The van der Waals surface area contributed by atoms with Crippen molar-refractivity contribution in [3.63, 3.8) is 0 Å². The molecule has 0 saturated heterocycles. The lowest BCUT2D eigenvalue weighted by Crippen LogP contribution is -1.90. The van der Waals surface area contributed by atoms with E-state index in [2.05, 4.69) is 4.36 Å². The molecule has 0 aliphatic carbocycles. The lowest BCUT2D eigenvalue weighted by Gasteiger charge is -2.00. The topological polar surface area (TPSA) is 55.5 Å². The van der Waals surface area contributed by atoms with Gasteiger partial charge in [-0.3, -0.25) is 0 Å². The van der Waals surface area contributed by atoms with Crippen molar-refractivity contribution in [3.8, 4) is 0 Å². The van der Waals surface area contributed by atoms with E-state index in [0.29, 0.717) is 16.4 Å². The number of rotatable bonds is 1. The van der Waals surface area contributed by atoms with Crippen molar-refractivity contribution >= 4 is 32.7 Å². The van der Waals surface area contributed by atoms with Crippen molar-refractivity contribution in [3.05, 3.63) is 23.2 Å². The van der Waals surface area contributed by atoms with Crippen LogP contribution >= 0.6 is 11.6 Å². The van der Waals surface area contributed by atoms with Gasteiger partial charge >= 0.3 is 0 Å². The van der Waals surface area contributed by atoms with Crippen molar-refractivity contribution in [2.75, 3.05) is 18.2 Å². The highest BCUT2D eigenvalue weighted by molar-refractivity contribution is 7.92. The van der Waals surface area contributed by atoms with Crippen LogP contribution in [0.25, 0.3) is 0 Å². The van der Waals surface area contributed by atoms with Gasteiger partial charge in [0.1, 0.15) is 0 Å². The fourth-order valence-electron chi connectivity index (χ4n) is 0.842. The molecule has 1 aromatic carbocycles. The van der Waals surface area contributed by atoms with Gasteiger partial charge in [-0.1, -0.05) is 11.6 Å². The van der Waals surface area contributed by atoms with Gasteiger partial charge in [-0.25, -0.2) is 4.21 Å². The summed E-state index contributed by atoms with van der Waals surface area (Å²) in [5, 5.41) is 0.484. The van der Waals surface area contributed by atoms with E-state index in [9.17, 15) is 4.21 Å². The van der Waals surface area contributed by atoms with Crippen LogP contribution in [0.1, 0.15) is 0 Å². The van der Waals surface area contributed by atoms with E-state index in [0.717, 1.165) is 0 Å². The van der Waals surface area contributed by atoms with Gasteiger partial charge in [-0.15, -0.1) is 0 Å². The Labute approximate surface area is 83.1 Å². The van der Waals surface area contributed by atoms with Gasteiger partial charge in [0.05, 0.1) is 16.4 Å². The number of anilines is 1. The standard InChI is InChI=1S/C8H11ClN2OS/c1-13(2,12)11-6-3-4-7(9)8(10)5-6/h3-5H,10H2,1-2H3. The molecular formula is C8H11ClN2OS. The summed E-state index contributed by atoms with van der Waals surface area (Å²) < 4.78 is 15.3. The summed E-state index contributed by atoms with van der Waals surface area (Å²) in [6.45, 7) is 0. The van der Waals surface area contributed by atoms with E-state index in [4.69, 9.17) is 17.3 Å². The van der Waals surface area contributed by atoms with Crippen LogP contribution in [0.4, 0.5) is 11.4 Å². The SMILES string of the molecule is CS(C)(=O)=Nc1ccc(Cl)c(N)c1. The van der Waals surface area contributed by atoms with Gasteiger partial charge in [0.15, 0.2) is 0 Å². The van der Waals surface area contributed by atoms with Gasteiger partial charge in [0, 0.05) is 22.2 Å². The predicted molar refractivity (Wildman–Crippen MR) is 57.9 cm³/mol. The minimum atomic E-state index is -2.13. The van der Waals surface area contributed by atoms with E-state index in [-0.39, 0.29) is 0 Å². The second kappa shape index (κ2) is 3.55. The third kappa shape index (κ3) is 3.24. The third-order valence-electron chi connectivity index (χ3n) is 1.30. The molecule has 0 aromatic heterocycles. The summed E-state index contributed by atoms with van der Waals surface area (Å²) in [6, 6.07) is 4.93. The molecule has 0 amide bonds. The van der Waals surface area contributed by atoms with Crippen LogP contribution < -0.4 is 5.73 Å². The number of nitrogen functional groups attached to an aromatic ring is 1. The first-order chi connectivity index (χ1) is 5.88. The predicted octanol–water partition coefficient (Wildman–Crippen LogP) is 2.28. The molecule has 0 atom stereocenters. The van der Waals surface area contributed by atoms with E-state index in [1.807, 2.05) is 0 Å². The highest BCUT2D eigenvalue weighted by Crippen LogP contribution is 2.24. The zero-order valence-electron chi connectivity index (χ0n) is 7.45. The molecule has 0 radical (unpaired) electrons. The average Bonchev–Trinajstić information content (AvgIpc) is 1.94. The molecule has 0 bridgehead atoms. The highest BCUT2D eigenvalue weighted by atomic mass is 35.5. The Morgan fingerprint density at radius 2 is 2.08 bits per heavy atom. The first-order valence-electron chi connectivity index (χ1n) is 3.61. The van der Waals surface area contributed by atoms with Crippen LogP contribution in [0.5, 0.6) is 0 Å². The summed E-state index contributed by atoms with van der Waals surface area (Å²) >= 11 is 5.71. The minimum Gasteiger partial charge on any atom is -0.397 e. The number of nitrogens with zero attached hydrogens (tertiary/aromatic N) is 1. The molecule has 0 fully saturated rings. The molecule has 0 unspecified atom stereocenters. The summed E-state index contributed by atoms with van der Waals surface area (Å²) in [4.78, 5) is 0. The van der Waals surface area contributed by atoms with E-state index in [1.165, 1.54) is 0 Å². The van der Waals surface area contributed by atoms with Crippen molar-refractivity contribution in [2.24, 2.45) is 4.36 Å². The fraction of sp³-hybridized carbons (Fsp3) is 0.250. The fourth-order valence-corrected chi connectivity index (χ4v) is 1.58. The first kappa shape index (κ1) is 10.3. The summed E-state index contributed by atoms with van der Waals surface area (Å²) in [5.74, 6) is 0. The van der Waals surface area contributed by atoms with Gasteiger partial charge in [0.25, 0.3) is 0 Å². The van der Waals surface area contributed by atoms with Crippen LogP contribution in [0.15, 0.2) is 22.6 Å². The van der Waals surface area contributed by atoms with E-state index < -0.39 is 9.73 Å². The van der Waals surface area contributed by atoms with Gasteiger partial charge in [-0.2, -0.15) is 4.36 Å². The Kier molecular flexibility index (Phi) is 2.83. The average molecular weight is 219 g/mol. The van der Waals surface area contributed by atoms with Crippen molar-refractivity contribution in [1.82, 2.24) is 0 Å². The maximum atomic E-state index is 11.3. The lowest BCUT2D eigenvalue weighted by molar-refractivity contribution is 0.684. The monoisotopic (exact) mass is 218 g/mol. The molecule has 0 heterocycles. The molecule has 1 aromatic rings. The number of halogens is 1. The van der Waals surface area contributed by atoms with Crippen molar-refractivity contribution < 1.29 is 4.21 Å². The zero-order valence-corrected chi connectivity index (χ0v) is 9.02. The molecular weight excluding hydrogens is 208 g/mol. The highest BCUT2D eigenvalue weighted by Gasteiger charge is 1.98. The molecule has 72 valence electrons. The van der Waals surface area contributed by atoms with Gasteiger partial charge in [0.2, 0.25) is 0 Å². The lowest BCUT2D eigenvalue weighted by atomic mass is 10.3.